The van der Waals surface area contributed by atoms with Crippen LogP contribution in [0, 0.1) is 0 Å². The van der Waals surface area contributed by atoms with Gasteiger partial charge in [0, 0.05) is 30.9 Å². The van der Waals surface area contributed by atoms with Crippen molar-refractivity contribution >= 4 is 11.7 Å². The van der Waals surface area contributed by atoms with Crippen LogP contribution in [0.5, 0.6) is 5.75 Å². The van der Waals surface area contributed by atoms with Gasteiger partial charge >= 0.3 is 6.03 Å². The third-order valence-electron chi connectivity index (χ3n) is 4.83. The first-order chi connectivity index (χ1) is 11.5. The van der Waals surface area contributed by atoms with E-state index in [4.69, 9.17) is 4.74 Å². The third kappa shape index (κ3) is 4.41. The molecule has 1 fully saturated rings. The largest absolute Gasteiger partial charge is 0.497 e. The molecule has 1 saturated heterocycles. The molecule has 1 aliphatic rings. The van der Waals surface area contributed by atoms with Crippen molar-refractivity contribution in [1.82, 2.24) is 9.80 Å². The van der Waals surface area contributed by atoms with E-state index in [2.05, 4.69) is 31.0 Å². The minimum Gasteiger partial charge on any atom is -0.497 e. The molecule has 134 valence electrons. The van der Waals surface area contributed by atoms with Gasteiger partial charge in [-0.3, -0.25) is 4.90 Å². The molecular formula is C19H31N3O2. The zero-order valence-corrected chi connectivity index (χ0v) is 15.5. The summed E-state index contributed by atoms with van der Waals surface area (Å²) in [5.74, 6) is 0.788. The molecule has 1 aromatic rings. The first kappa shape index (κ1) is 18.6. The van der Waals surface area contributed by atoms with Crippen molar-refractivity contribution in [3.63, 3.8) is 0 Å². The summed E-state index contributed by atoms with van der Waals surface area (Å²) in [5.41, 5.74) is 0.911. The normalized spacial score (nSPS) is 20.3. The Labute approximate surface area is 146 Å². The number of nitrogens with zero attached hydrogens (tertiary/aromatic N) is 2. The Morgan fingerprint density at radius 3 is 2.50 bits per heavy atom. The van der Waals surface area contributed by atoms with Crippen LogP contribution < -0.4 is 10.1 Å². The van der Waals surface area contributed by atoms with Crippen LogP contribution in [-0.4, -0.2) is 54.7 Å². The number of hydrogen-bond acceptors (Lipinski definition) is 3. The van der Waals surface area contributed by atoms with Gasteiger partial charge in [0.25, 0.3) is 0 Å². The minimum atomic E-state index is -0.0217. The average Bonchev–Trinajstić information content (AvgIpc) is 2.58. The Bertz CT molecular complexity index is 532. The molecule has 1 aromatic carbocycles. The second-order valence-corrected chi connectivity index (χ2v) is 6.81. The molecule has 1 atom stereocenters. The number of carbonyl (C=O) groups excluding carboxylic acids is 1. The summed E-state index contributed by atoms with van der Waals surface area (Å²) in [6, 6.07) is 7.43. The monoisotopic (exact) mass is 333 g/mol. The van der Waals surface area contributed by atoms with E-state index in [0.717, 1.165) is 56.9 Å². The predicted molar refractivity (Wildman–Crippen MR) is 98.8 cm³/mol. The summed E-state index contributed by atoms with van der Waals surface area (Å²) in [4.78, 5) is 17.2. The van der Waals surface area contributed by atoms with Gasteiger partial charge in [0.05, 0.1) is 7.11 Å². The van der Waals surface area contributed by atoms with Crippen molar-refractivity contribution in [2.24, 2.45) is 0 Å². The molecule has 24 heavy (non-hydrogen) atoms. The fourth-order valence-corrected chi connectivity index (χ4v) is 3.29. The highest BCUT2D eigenvalue weighted by Crippen LogP contribution is 2.31. The van der Waals surface area contributed by atoms with Crippen LogP contribution >= 0.6 is 0 Å². The van der Waals surface area contributed by atoms with Gasteiger partial charge in [-0.15, -0.1) is 0 Å². The molecular weight excluding hydrogens is 302 g/mol. The van der Waals surface area contributed by atoms with Gasteiger partial charge in [-0.1, -0.05) is 13.8 Å². The molecule has 0 aromatic heterocycles. The lowest BCUT2D eigenvalue weighted by Gasteiger charge is -2.52. The zero-order valence-electron chi connectivity index (χ0n) is 15.5. The summed E-state index contributed by atoms with van der Waals surface area (Å²) in [6.07, 6.45) is 3.27. The van der Waals surface area contributed by atoms with Crippen molar-refractivity contribution in [3.05, 3.63) is 24.3 Å². The zero-order chi connectivity index (χ0) is 17.6. The van der Waals surface area contributed by atoms with E-state index < -0.39 is 0 Å². The highest BCUT2D eigenvalue weighted by Gasteiger charge is 2.41. The highest BCUT2D eigenvalue weighted by molar-refractivity contribution is 5.89. The SMILES string of the molecule is CCCN(C[C@@]1(C)CCN1CCC)C(=O)Nc1ccc(OC)cc1. The van der Waals surface area contributed by atoms with E-state index in [0.29, 0.717) is 0 Å². The number of rotatable bonds is 8. The van der Waals surface area contributed by atoms with Gasteiger partial charge in [0.2, 0.25) is 0 Å². The number of amides is 2. The number of anilines is 1. The fourth-order valence-electron chi connectivity index (χ4n) is 3.29. The van der Waals surface area contributed by atoms with Gasteiger partial charge in [-0.25, -0.2) is 4.79 Å². The second kappa shape index (κ2) is 8.38. The topological polar surface area (TPSA) is 44.8 Å². The van der Waals surface area contributed by atoms with E-state index in [1.807, 2.05) is 29.2 Å². The lowest BCUT2D eigenvalue weighted by Crippen LogP contribution is -2.64. The number of urea groups is 1. The van der Waals surface area contributed by atoms with Crippen molar-refractivity contribution < 1.29 is 9.53 Å². The van der Waals surface area contributed by atoms with Crippen LogP contribution in [0.25, 0.3) is 0 Å². The number of benzene rings is 1. The highest BCUT2D eigenvalue weighted by atomic mass is 16.5. The maximum Gasteiger partial charge on any atom is 0.321 e. The van der Waals surface area contributed by atoms with Crippen LogP contribution in [0.15, 0.2) is 24.3 Å². The van der Waals surface area contributed by atoms with E-state index in [1.165, 1.54) is 0 Å². The van der Waals surface area contributed by atoms with Gasteiger partial charge in [-0.05, 0) is 57.0 Å². The van der Waals surface area contributed by atoms with E-state index >= 15 is 0 Å². The molecule has 0 saturated carbocycles. The standard InChI is InChI=1S/C19H31N3O2/c1-5-12-21(15-19(3)11-14-22(19)13-6-2)18(23)20-16-7-9-17(24-4)10-8-16/h7-10H,5-6,11-15H2,1-4H3,(H,20,23)/t19-/m1/s1. The molecule has 2 amide bonds. The van der Waals surface area contributed by atoms with E-state index in [9.17, 15) is 4.79 Å². The summed E-state index contributed by atoms with van der Waals surface area (Å²) in [5, 5.41) is 3.01. The molecule has 0 radical (unpaired) electrons. The molecule has 0 spiro atoms. The number of methoxy groups -OCH3 is 1. The van der Waals surface area contributed by atoms with Crippen LogP contribution in [0.2, 0.25) is 0 Å². The van der Waals surface area contributed by atoms with Gasteiger partial charge in [0.15, 0.2) is 0 Å². The van der Waals surface area contributed by atoms with Crippen LogP contribution in [-0.2, 0) is 0 Å². The van der Waals surface area contributed by atoms with Gasteiger partial charge in [-0.2, -0.15) is 0 Å². The first-order valence-electron chi connectivity index (χ1n) is 8.97. The van der Waals surface area contributed by atoms with E-state index in [1.54, 1.807) is 7.11 Å². The number of hydrogen-bond donors (Lipinski definition) is 1. The quantitative estimate of drug-likeness (QED) is 0.787. The molecule has 1 N–H and O–H groups in total. The minimum absolute atomic E-state index is 0.0217. The van der Waals surface area contributed by atoms with Crippen molar-refractivity contribution in [2.45, 2.75) is 45.6 Å². The van der Waals surface area contributed by atoms with Crippen LogP contribution in [0.1, 0.15) is 40.0 Å². The fraction of sp³-hybridized carbons (Fsp3) is 0.632. The van der Waals surface area contributed by atoms with E-state index in [-0.39, 0.29) is 11.6 Å². The van der Waals surface area contributed by atoms with Crippen molar-refractivity contribution in [3.8, 4) is 5.75 Å². The first-order valence-corrected chi connectivity index (χ1v) is 8.97. The molecule has 0 aliphatic carbocycles. The summed E-state index contributed by atoms with van der Waals surface area (Å²) in [7, 11) is 1.64. The maximum absolute atomic E-state index is 12.7. The number of nitrogens with one attached hydrogen (secondary N) is 1. The van der Waals surface area contributed by atoms with Gasteiger partial charge < -0.3 is 15.0 Å². The van der Waals surface area contributed by atoms with Gasteiger partial charge in [0.1, 0.15) is 5.75 Å². The lowest BCUT2D eigenvalue weighted by molar-refractivity contribution is -0.0169. The number of ether oxygens (including phenoxy) is 1. The molecule has 0 bridgehead atoms. The lowest BCUT2D eigenvalue weighted by atomic mass is 9.85. The van der Waals surface area contributed by atoms with Crippen LogP contribution in [0.4, 0.5) is 10.5 Å². The molecule has 2 rings (SSSR count). The summed E-state index contributed by atoms with van der Waals surface area (Å²) in [6.45, 7) is 10.4. The Morgan fingerprint density at radius 1 is 1.29 bits per heavy atom. The van der Waals surface area contributed by atoms with Crippen molar-refractivity contribution in [2.75, 3.05) is 38.6 Å². The molecule has 5 heteroatoms. The van der Waals surface area contributed by atoms with Crippen LogP contribution in [0.3, 0.4) is 0 Å². The Balaban J connectivity index is 1.99. The number of carbonyl (C=O) groups is 1. The predicted octanol–water partition coefficient (Wildman–Crippen LogP) is 3.81. The maximum atomic E-state index is 12.7. The smallest absolute Gasteiger partial charge is 0.321 e. The summed E-state index contributed by atoms with van der Waals surface area (Å²) >= 11 is 0. The number of likely N-dealkylation sites (tertiary alicyclic amines) is 1. The Kier molecular flexibility index (Phi) is 6.49. The molecule has 1 aliphatic heterocycles. The Hall–Kier alpha value is -1.75. The summed E-state index contributed by atoms with van der Waals surface area (Å²) < 4.78 is 5.15. The molecule has 5 nitrogen and oxygen atoms in total. The van der Waals surface area contributed by atoms with Crippen molar-refractivity contribution in [1.29, 1.82) is 0 Å². The second-order valence-electron chi connectivity index (χ2n) is 6.81. The average molecular weight is 333 g/mol. The molecule has 0 unspecified atom stereocenters. The Morgan fingerprint density at radius 2 is 2.00 bits per heavy atom. The third-order valence-corrected chi connectivity index (χ3v) is 4.83. The molecule has 1 heterocycles.